The van der Waals surface area contributed by atoms with Gasteiger partial charge in [-0.15, -0.1) is 0 Å². The van der Waals surface area contributed by atoms with E-state index in [2.05, 4.69) is 9.62 Å². The fourth-order valence-electron chi connectivity index (χ4n) is 4.58. The molecular weight excluding hydrogens is 512 g/mol. The molecule has 1 aliphatic carbocycles. The van der Waals surface area contributed by atoms with Gasteiger partial charge in [-0.3, -0.25) is 14.4 Å². The van der Waals surface area contributed by atoms with Gasteiger partial charge in [0.2, 0.25) is 0 Å². The third-order valence-corrected chi connectivity index (χ3v) is 8.42. The Morgan fingerprint density at radius 3 is 2.31 bits per heavy atom. The summed E-state index contributed by atoms with van der Waals surface area (Å²) in [5, 5.41) is 1.09. The summed E-state index contributed by atoms with van der Waals surface area (Å²) in [7, 11) is 0. The van der Waals surface area contributed by atoms with Crippen LogP contribution in [0, 0.1) is 5.82 Å². The lowest BCUT2D eigenvalue weighted by Gasteiger charge is -2.32. The van der Waals surface area contributed by atoms with Crippen molar-refractivity contribution < 1.29 is 18.1 Å². The second-order valence-electron chi connectivity index (χ2n) is 9.47. The van der Waals surface area contributed by atoms with Crippen molar-refractivity contribution in [1.82, 2.24) is 13.9 Å². The van der Waals surface area contributed by atoms with Crippen molar-refractivity contribution in [2.75, 3.05) is 26.2 Å². The number of likely N-dealkylation sites (tertiary alicyclic amines) is 1. The summed E-state index contributed by atoms with van der Waals surface area (Å²) in [6.07, 6.45) is 4.78. The standard InChI is InChI=1S/C25H28Cl2FN3O3S/c26-18-11-19(27)13-21(12-18)34-20-4-8-30(9-5-20)15-17-10-24(28)23(14-22(17)16-2-3-16)25(32)29-35(33)31-6-1-7-31/h10-14,16,20H,1-9,15H2,(H,29,32). The minimum atomic E-state index is -1.62. The van der Waals surface area contributed by atoms with Gasteiger partial charge in [-0.2, -0.15) is 0 Å². The molecule has 2 aromatic carbocycles. The molecule has 0 spiro atoms. The molecule has 188 valence electrons. The molecule has 0 radical (unpaired) electrons. The number of rotatable bonds is 8. The summed E-state index contributed by atoms with van der Waals surface area (Å²) in [6, 6.07) is 8.37. The van der Waals surface area contributed by atoms with E-state index in [0.29, 0.717) is 41.3 Å². The van der Waals surface area contributed by atoms with E-state index in [4.69, 9.17) is 27.9 Å². The van der Waals surface area contributed by atoms with E-state index in [-0.39, 0.29) is 11.7 Å². The zero-order chi connectivity index (χ0) is 24.5. The minimum Gasteiger partial charge on any atom is -0.490 e. The molecule has 35 heavy (non-hydrogen) atoms. The molecule has 1 saturated carbocycles. The molecule has 1 atom stereocenters. The topological polar surface area (TPSA) is 61.9 Å². The second-order valence-corrected chi connectivity index (χ2v) is 11.6. The molecule has 0 bridgehead atoms. The van der Waals surface area contributed by atoms with Crippen LogP contribution in [-0.4, -0.2) is 51.6 Å². The minimum absolute atomic E-state index is 0.0307. The van der Waals surface area contributed by atoms with E-state index in [1.807, 2.05) is 0 Å². The van der Waals surface area contributed by atoms with Crippen LogP contribution >= 0.6 is 23.2 Å². The number of amides is 1. The summed E-state index contributed by atoms with van der Waals surface area (Å²) >= 11 is 10.5. The smallest absolute Gasteiger partial charge is 0.266 e. The van der Waals surface area contributed by atoms with Gasteiger partial charge < -0.3 is 4.74 Å². The molecule has 3 aliphatic rings. The van der Waals surface area contributed by atoms with Crippen molar-refractivity contribution in [3.63, 3.8) is 0 Å². The van der Waals surface area contributed by atoms with E-state index >= 15 is 4.39 Å². The Bertz CT molecular complexity index is 1110. The van der Waals surface area contributed by atoms with Crippen LogP contribution in [0.1, 0.15) is 59.5 Å². The first kappa shape index (κ1) is 25.0. The van der Waals surface area contributed by atoms with Crippen LogP contribution in [0.5, 0.6) is 5.75 Å². The number of benzene rings is 2. The highest BCUT2D eigenvalue weighted by molar-refractivity contribution is 7.81. The highest BCUT2D eigenvalue weighted by Gasteiger charge is 2.31. The fourth-order valence-corrected chi connectivity index (χ4v) is 6.08. The number of hydrogen-bond donors (Lipinski definition) is 1. The Morgan fingerprint density at radius 1 is 1.03 bits per heavy atom. The summed E-state index contributed by atoms with van der Waals surface area (Å²) in [5.41, 5.74) is 1.92. The normalized spacial score (nSPS) is 20.3. The van der Waals surface area contributed by atoms with Gasteiger partial charge in [0.25, 0.3) is 5.91 Å². The highest BCUT2D eigenvalue weighted by Crippen LogP contribution is 2.43. The monoisotopic (exact) mass is 539 g/mol. The number of carbonyl (C=O) groups is 1. The molecule has 2 aliphatic heterocycles. The van der Waals surface area contributed by atoms with Gasteiger partial charge in [-0.1, -0.05) is 23.2 Å². The maximum atomic E-state index is 15.0. The van der Waals surface area contributed by atoms with E-state index in [0.717, 1.165) is 56.3 Å². The summed E-state index contributed by atoms with van der Waals surface area (Å²) in [5.74, 6) is -0.173. The summed E-state index contributed by atoms with van der Waals surface area (Å²) < 4.78 is 37.4. The highest BCUT2D eigenvalue weighted by atomic mass is 35.5. The van der Waals surface area contributed by atoms with Crippen molar-refractivity contribution in [3.05, 3.63) is 62.9 Å². The number of halogens is 3. The Hall–Kier alpha value is -1.71. The van der Waals surface area contributed by atoms with Gasteiger partial charge in [0, 0.05) is 42.8 Å². The fraction of sp³-hybridized carbons (Fsp3) is 0.480. The number of carbonyl (C=O) groups excluding carboxylic acids is 1. The summed E-state index contributed by atoms with van der Waals surface area (Å²) in [6.45, 7) is 3.62. The van der Waals surface area contributed by atoms with Gasteiger partial charge in [-0.05, 0) is 79.5 Å². The number of nitrogens with one attached hydrogen (secondary N) is 1. The lowest BCUT2D eigenvalue weighted by atomic mass is 9.97. The molecular formula is C25H28Cl2FN3O3S. The Morgan fingerprint density at radius 2 is 1.71 bits per heavy atom. The van der Waals surface area contributed by atoms with Gasteiger partial charge in [0.05, 0.1) is 5.56 Å². The van der Waals surface area contributed by atoms with Crippen LogP contribution in [0.25, 0.3) is 0 Å². The zero-order valence-corrected chi connectivity index (χ0v) is 21.6. The maximum absolute atomic E-state index is 15.0. The molecule has 3 fully saturated rings. The number of hydrogen-bond acceptors (Lipinski definition) is 4. The average molecular weight is 540 g/mol. The van der Waals surface area contributed by atoms with E-state index in [1.54, 1.807) is 28.6 Å². The Kier molecular flexibility index (Phi) is 7.65. The van der Waals surface area contributed by atoms with Crippen LogP contribution in [-0.2, 0) is 17.7 Å². The van der Waals surface area contributed by atoms with Crippen LogP contribution in [0.4, 0.5) is 4.39 Å². The first-order valence-corrected chi connectivity index (χ1v) is 13.9. The number of ether oxygens (including phenoxy) is 1. The molecule has 2 saturated heterocycles. The van der Waals surface area contributed by atoms with Crippen molar-refractivity contribution in [1.29, 1.82) is 0 Å². The predicted molar refractivity (Wildman–Crippen MR) is 136 cm³/mol. The average Bonchev–Trinajstić information content (AvgIpc) is 3.58. The van der Waals surface area contributed by atoms with Crippen molar-refractivity contribution >= 4 is 40.3 Å². The second kappa shape index (κ2) is 10.7. The quantitative estimate of drug-likeness (QED) is 0.508. The molecule has 1 N–H and O–H groups in total. The largest absolute Gasteiger partial charge is 0.490 e. The third-order valence-electron chi connectivity index (χ3n) is 6.79. The predicted octanol–water partition coefficient (Wildman–Crippen LogP) is 5.07. The van der Waals surface area contributed by atoms with Crippen LogP contribution < -0.4 is 9.46 Å². The molecule has 6 nitrogen and oxygen atoms in total. The zero-order valence-electron chi connectivity index (χ0n) is 19.3. The van der Waals surface area contributed by atoms with Gasteiger partial charge in [-0.25, -0.2) is 12.9 Å². The molecule has 2 aromatic rings. The van der Waals surface area contributed by atoms with Crippen LogP contribution in [0.2, 0.25) is 10.0 Å². The molecule has 5 rings (SSSR count). The van der Waals surface area contributed by atoms with E-state index in [1.165, 1.54) is 6.07 Å². The maximum Gasteiger partial charge on any atom is 0.266 e. The van der Waals surface area contributed by atoms with E-state index in [9.17, 15) is 9.00 Å². The lowest BCUT2D eigenvalue weighted by molar-refractivity contribution is 0.0961. The first-order chi connectivity index (χ1) is 16.9. The van der Waals surface area contributed by atoms with Crippen molar-refractivity contribution in [3.8, 4) is 5.75 Å². The lowest BCUT2D eigenvalue weighted by Crippen LogP contribution is -2.45. The molecule has 1 unspecified atom stereocenters. The number of piperidine rings is 1. The molecule has 1 amide bonds. The SMILES string of the molecule is O=C(NS(=O)N1CCC1)c1cc(C2CC2)c(CN2CCC(Oc3cc(Cl)cc(Cl)c3)CC2)cc1F. The molecule has 0 aromatic heterocycles. The van der Waals surface area contributed by atoms with Gasteiger partial charge >= 0.3 is 0 Å². The van der Waals surface area contributed by atoms with Gasteiger partial charge in [0.1, 0.15) is 17.7 Å². The van der Waals surface area contributed by atoms with Crippen molar-refractivity contribution in [2.45, 2.75) is 50.7 Å². The van der Waals surface area contributed by atoms with E-state index < -0.39 is 22.9 Å². The first-order valence-electron chi connectivity index (χ1n) is 12.0. The Balaban J connectivity index is 1.22. The van der Waals surface area contributed by atoms with Gasteiger partial charge in [0.15, 0.2) is 11.2 Å². The Labute approximate surface area is 217 Å². The molecule has 2 heterocycles. The van der Waals surface area contributed by atoms with Crippen LogP contribution in [0.15, 0.2) is 30.3 Å². The molecule has 10 heteroatoms. The third kappa shape index (κ3) is 6.17. The van der Waals surface area contributed by atoms with Crippen molar-refractivity contribution in [2.24, 2.45) is 0 Å². The summed E-state index contributed by atoms with van der Waals surface area (Å²) in [4.78, 5) is 14.9. The number of nitrogens with zero attached hydrogens (tertiary/aromatic N) is 2. The van der Waals surface area contributed by atoms with Crippen LogP contribution in [0.3, 0.4) is 0 Å².